The molecule has 1 rings (SSSR count). The Morgan fingerprint density at radius 2 is 2.29 bits per heavy atom. The fourth-order valence-electron chi connectivity index (χ4n) is 1.00. The van der Waals surface area contributed by atoms with Gasteiger partial charge in [-0.2, -0.15) is 5.26 Å². The van der Waals surface area contributed by atoms with E-state index in [9.17, 15) is 10.1 Å². The molecular weight excluding hydrogens is 250 g/mol. The van der Waals surface area contributed by atoms with Crippen LogP contribution in [-0.4, -0.2) is 4.92 Å². The van der Waals surface area contributed by atoms with Crippen molar-refractivity contribution < 1.29 is 4.92 Å². The summed E-state index contributed by atoms with van der Waals surface area (Å²) in [6.45, 7) is 0.229. The summed E-state index contributed by atoms with van der Waals surface area (Å²) in [5, 5.41) is 19.2. The summed E-state index contributed by atoms with van der Waals surface area (Å²) in [5.41, 5.74) is 5.88. The monoisotopic (exact) mass is 255 g/mol. The maximum absolute atomic E-state index is 10.5. The second-order valence-electron chi connectivity index (χ2n) is 2.53. The third-order valence-corrected chi connectivity index (χ3v) is 2.44. The average Bonchev–Trinajstić information content (AvgIpc) is 2.17. The summed E-state index contributed by atoms with van der Waals surface area (Å²) in [6, 6.07) is 4.47. The fourth-order valence-corrected chi connectivity index (χ4v) is 1.50. The van der Waals surface area contributed by atoms with Crippen LogP contribution in [0, 0.1) is 21.4 Å². The zero-order chi connectivity index (χ0) is 10.7. The van der Waals surface area contributed by atoms with Gasteiger partial charge in [0, 0.05) is 17.1 Å². The summed E-state index contributed by atoms with van der Waals surface area (Å²) in [4.78, 5) is 9.94. The van der Waals surface area contributed by atoms with Crippen LogP contribution >= 0.6 is 15.9 Å². The lowest BCUT2D eigenvalue weighted by Gasteiger charge is -2.01. The van der Waals surface area contributed by atoms with E-state index >= 15 is 0 Å². The molecule has 72 valence electrons. The van der Waals surface area contributed by atoms with Crippen LogP contribution in [-0.2, 0) is 6.54 Å². The maximum Gasteiger partial charge on any atom is 0.288 e. The summed E-state index contributed by atoms with van der Waals surface area (Å²) in [7, 11) is 0. The third-order valence-electron chi connectivity index (χ3n) is 1.70. The van der Waals surface area contributed by atoms with Crippen LogP contribution < -0.4 is 5.73 Å². The molecule has 0 unspecified atom stereocenters. The summed E-state index contributed by atoms with van der Waals surface area (Å²) in [6.07, 6.45) is 0. The van der Waals surface area contributed by atoms with Gasteiger partial charge in [0.1, 0.15) is 11.6 Å². The van der Waals surface area contributed by atoms with Crippen molar-refractivity contribution in [3.05, 3.63) is 37.8 Å². The van der Waals surface area contributed by atoms with E-state index in [1.807, 2.05) is 0 Å². The SMILES string of the molecule is N#Cc1cc(CN)c(Br)cc1[N+](=O)[O-]. The lowest BCUT2D eigenvalue weighted by Crippen LogP contribution is -2.00. The minimum absolute atomic E-state index is 0.0265. The zero-order valence-electron chi connectivity index (χ0n) is 7.03. The van der Waals surface area contributed by atoms with Crippen LogP contribution in [0.1, 0.15) is 11.1 Å². The maximum atomic E-state index is 10.5. The molecule has 6 heteroatoms. The van der Waals surface area contributed by atoms with Crippen molar-refractivity contribution in [3.8, 4) is 6.07 Å². The van der Waals surface area contributed by atoms with Gasteiger partial charge < -0.3 is 5.73 Å². The summed E-state index contributed by atoms with van der Waals surface area (Å²) >= 11 is 3.15. The molecule has 0 aromatic heterocycles. The van der Waals surface area contributed by atoms with Crippen molar-refractivity contribution in [2.24, 2.45) is 5.73 Å². The highest BCUT2D eigenvalue weighted by Gasteiger charge is 2.16. The normalized spacial score (nSPS) is 9.50. The predicted molar refractivity (Wildman–Crippen MR) is 53.4 cm³/mol. The van der Waals surface area contributed by atoms with Crippen LogP contribution in [0.5, 0.6) is 0 Å². The first-order valence-corrected chi connectivity index (χ1v) is 4.46. The van der Waals surface area contributed by atoms with Gasteiger partial charge in [0.2, 0.25) is 0 Å². The lowest BCUT2D eigenvalue weighted by atomic mass is 10.1. The molecule has 14 heavy (non-hydrogen) atoms. The van der Waals surface area contributed by atoms with Crippen molar-refractivity contribution in [1.29, 1.82) is 5.26 Å². The number of nitriles is 1. The first-order valence-electron chi connectivity index (χ1n) is 3.67. The molecule has 0 aliphatic carbocycles. The number of nitro benzene ring substituents is 1. The Balaban J connectivity index is 3.41. The molecule has 0 fully saturated rings. The van der Waals surface area contributed by atoms with Crippen molar-refractivity contribution in [1.82, 2.24) is 0 Å². The second kappa shape index (κ2) is 4.17. The van der Waals surface area contributed by atoms with Crippen molar-refractivity contribution >= 4 is 21.6 Å². The molecule has 0 saturated heterocycles. The van der Waals surface area contributed by atoms with Gasteiger partial charge in [0.25, 0.3) is 5.69 Å². The Morgan fingerprint density at radius 3 is 2.71 bits per heavy atom. The van der Waals surface area contributed by atoms with Gasteiger partial charge in [-0.15, -0.1) is 0 Å². The molecule has 0 bridgehead atoms. The molecule has 1 aromatic rings. The molecule has 0 spiro atoms. The van der Waals surface area contributed by atoms with Crippen molar-refractivity contribution in [2.45, 2.75) is 6.54 Å². The molecule has 0 aliphatic heterocycles. The Kier molecular flexibility index (Phi) is 3.17. The minimum Gasteiger partial charge on any atom is -0.326 e. The van der Waals surface area contributed by atoms with E-state index in [2.05, 4.69) is 15.9 Å². The van der Waals surface area contributed by atoms with E-state index in [1.54, 1.807) is 6.07 Å². The number of hydrogen-bond acceptors (Lipinski definition) is 4. The van der Waals surface area contributed by atoms with Crippen molar-refractivity contribution in [3.63, 3.8) is 0 Å². The van der Waals surface area contributed by atoms with E-state index in [1.165, 1.54) is 12.1 Å². The van der Waals surface area contributed by atoms with E-state index in [-0.39, 0.29) is 17.8 Å². The van der Waals surface area contributed by atoms with Gasteiger partial charge >= 0.3 is 0 Å². The molecule has 0 atom stereocenters. The highest BCUT2D eigenvalue weighted by atomic mass is 79.9. The van der Waals surface area contributed by atoms with Crippen LogP contribution in [0.15, 0.2) is 16.6 Å². The number of rotatable bonds is 2. The Morgan fingerprint density at radius 1 is 1.64 bits per heavy atom. The molecule has 1 aromatic carbocycles. The van der Waals surface area contributed by atoms with Gasteiger partial charge in [-0.3, -0.25) is 10.1 Å². The number of nitrogens with two attached hydrogens (primary N) is 1. The van der Waals surface area contributed by atoms with E-state index < -0.39 is 4.92 Å². The smallest absolute Gasteiger partial charge is 0.288 e. The number of halogens is 1. The number of nitrogens with zero attached hydrogens (tertiary/aromatic N) is 2. The molecule has 0 heterocycles. The number of nitro groups is 1. The first-order chi connectivity index (χ1) is 6.60. The highest BCUT2D eigenvalue weighted by Crippen LogP contribution is 2.26. The highest BCUT2D eigenvalue weighted by molar-refractivity contribution is 9.10. The minimum atomic E-state index is -0.594. The van der Waals surface area contributed by atoms with Crippen LogP contribution in [0.2, 0.25) is 0 Å². The molecule has 5 nitrogen and oxygen atoms in total. The van der Waals surface area contributed by atoms with E-state index in [0.29, 0.717) is 10.0 Å². The molecular formula is C8H6BrN3O2. The molecule has 0 radical (unpaired) electrons. The summed E-state index contributed by atoms with van der Waals surface area (Å²) in [5.74, 6) is 0. The van der Waals surface area contributed by atoms with Gasteiger partial charge in [-0.1, -0.05) is 15.9 Å². The van der Waals surface area contributed by atoms with Crippen molar-refractivity contribution in [2.75, 3.05) is 0 Å². The Hall–Kier alpha value is -1.45. The number of hydrogen-bond donors (Lipinski definition) is 1. The lowest BCUT2D eigenvalue weighted by molar-refractivity contribution is -0.385. The van der Waals surface area contributed by atoms with E-state index in [4.69, 9.17) is 11.0 Å². The quantitative estimate of drug-likeness (QED) is 0.643. The predicted octanol–water partition coefficient (Wildman–Crippen LogP) is 1.69. The van der Waals surface area contributed by atoms with E-state index in [0.717, 1.165) is 0 Å². The average molecular weight is 256 g/mol. The van der Waals surface area contributed by atoms with Crippen LogP contribution in [0.4, 0.5) is 5.69 Å². The first kappa shape index (κ1) is 10.6. The standard InChI is InChI=1S/C8H6BrN3O2/c9-7-2-8(12(13)14)6(4-11)1-5(7)3-10/h1-2H,3,10H2. The number of benzene rings is 1. The Bertz CT molecular complexity index is 425. The Labute approximate surface area is 88.4 Å². The second-order valence-corrected chi connectivity index (χ2v) is 3.39. The fraction of sp³-hybridized carbons (Fsp3) is 0.125. The van der Waals surface area contributed by atoms with Crippen LogP contribution in [0.3, 0.4) is 0 Å². The van der Waals surface area contributed by atoms with Gasteiger partial charge in [-0.25, -0.2) is 0 Å². The topological polar surface area (TPSA) is 93.0 Å². The van der Waals surface area contributed by atoms with Gasteiger partial charge in [-0.05, 0) is 11.6 Å². The molecule has 0 amide bonds. The van der Waals surface area contributed by atoms with Gasteiger partial charge in [0.05, 0.1) is 4.92 Å². The van der Waals surface area contributed by atoms with Crippen LogP contribution in [0.25, 0.3) is 0 Å². The largest absolute Gasteiger partial charge is 0.326 e. The summed E-state index contributed by atoms with van der Waals surface area (Å²) < 4.78 is 0.547. The molecule has 2 N–H and O–H groups in total. The van der Waals surface area contributed by atoms with Gasteiger partial charge in [0.15, 0.2) is 0 Å². The molecule has 0 saturated carbocycles. The molecule has 0 aliphatic rings. The third kappa shape index (κ3) is 1.89. The zero-order valence-corrected chi connectivity index (χ0v) is 8.61.